The van der Waals surface area contributed by atoms with Crippen molar-refractivity contribution in [1.82, 2.24) is 60.3 Å². The number of carbonyl (C=O) groups excluding carboxylic acids is 6. The Morgan fingerprint density at radius 3 is 1.28 bits per heavy atom. The Labute approximate surface area is 623 Å². The Kier molecular flexibility index (Phi) is 34.1. The first-order chi connectivity index (χ1) is 50.1. The lowest BCUT2D eigenvalue weighted by Gasteiger charge is -2.30. The molecule has 4 aromatic heterocycles. The van der Waals surface area contributed by atoms with Crippen LogP contribution in [0.5, 0.6) is 0 Å². The maximum Gasteiger partial charge on any atom is 0.481 e. The van der Waals surface area contributed by atoms with Crippen LogP contribution in [0.4, 0.5) is 11.6 Å². The second-order valence-corrected chi connectivity index (χ2v) is 35.8. The third kappa shape index (κ3) is 30.4. The summed E-state index contributed by atoms with van der Waals surface area (Å²) < 4.78 is 124. The van der Waals surface area contributed by atoms with Crippen molar-refractivity contribution in [3.05, 3.63) is 25.3 Å². The van der Waals surface area contributed by atoms with Crippen LogP contribution in [0.25, 0.3) is 22.3 Å². The first-order valence-electron chi connectivity index (χ1n) is 31.1. The summed E-state index contributed by atoms with van der Waals surface area (Å²) in [5.41, 5.74) is 6.70. The van der Waals surface area contributed by atoms with Gasteiger partial charge in [-0.3, -0.25) is 69.8 Å². The lowest BCUT2D eigenvalue weighted by atomic mass is 9.87. The fourth-order valence-corrected chi connectivity index (χ4v) is 16.4. The molecule has 6 rings (SSSR count). The summed E-state index contributed by atoms with van der Waals surface area (Å²) in [6.07, 6.45) is -15.1. The first-order valence-corrected chi connectivity index (χ1v) is 42.2. The number of anilines is 2. The smallest absolute Gasteiger partial charge is 0.481 e. The van der Waals surface area contributed by atoms with E-state index in [0.29, 0.717) is 5.75 Å². The van der Waals surface area contributed by atoms with Crippen molar-refractivity contribution in [1.29, 1.82) is 0 Å². The molecule has 2 aliphatic rings. The molecular formula is C50H82N14O37P6S2. The number of phosphoric ester groups is 6. The van der Waals surface area contributed by atoms with Gasteiger partial charge in [0.1, 0.15) is 72.5 Å². The average molecular weight is 1720 g/mol. The zero-order valence-corrected chi connectivity index (χ0v) is 64.9. The lowest BCUT2D eigenvalue weighted by molar-refractivity contribution is -0.142. The van der Waals surface area contributed by atoms with Crippen molar-refractivity contribution in [3.8, 4) is 0 Å². The first kappa shape index (κ1) is 94.1. The highest BCUT2D eigenvalue weighted by Gasteiger charge is 2.53. The fraction of sp³-hybridized carbons (Fsp3) is 0.660. The number of aromatic nitrogens is 8. The lowest BCUT2D eigenvalue weighted by Crippen LogP contribution is -2.46. The van der Waals surface area contributed by atoms with Crippen molar-refractivity contribution in [2.75, 3.05) is 75.6 Å². The summed E-state index contributed by atoms with van der Waals surface area (Å²) in [6, 6.07) is 0. The second-order valence-electron chi connectivity index (χ2n) is 24.9. The number of carbonyl (C=O) groups is 7. The maximum atomic E-state index is 12.7. The van der Waals surface area contributed by atoms with E-state index in [4.69, 9.17) is 44.1 Å². The third-order valence-electron chi connectivity index (χ3n) is 14.6. The predicted molar refractivity (Wildman–Crippen MR) is 367 cm³/mol. The molecular weight excluding hydrogens is 1640 g/mol. The number of nitrogens with two attached hydrogens (primary N) is 2. The van der Waals surface area contributed by atoms with Crippen molar-refractivity contribution in [2.24, 2.45) is 10.8 Å². The highest BCUT2D eigenvalue weighted by molar-refractivity contribution is 8.13. The van der Waals surface area contributed by atoms with Gasteiger partial charge in [-0.1, -0.05) is 51.2 Å². The number of phosphoric acid groups is 6. The van der Waals surface area contributed by atoms with Gasteiger partial charge in [0.25, 0.3) is 0 Å². The molecule has 51 nitrogen and oxygen atoms in total. The van der Waals surface area contributed by atoms with Gasteiger partial charge in [-0.05, 0) is 6.92 Å². The Balaban J connectivity index is 0.000000394. The van der Waals surface area contributed by atoms with Crippen LogP contribution in [-0.4, -0.2) is 267 Å². The molecule has 0 aliphatic carbocycles. The van der Waals surface area contributed by atoms with Crippen molar-refractivity contribution in [3.63, 3.8) is 0 Å². The van der Waals surface area contributed by atoms with E-state index in [-0.39, 0.29) is 83.9 Å². The average Bonchev–Trinajstić information content (AvgIpc) is 1.62. The summed E-state index contributed by atoms with van der Waals surface area (Å²) in [5.74, 6) is -3.90. The Bertz CT molecular complexity index is 4170. The number of rotatable bonds is 42. The maximum absolute atomic E-state index is 12.7. The van der Waals surface area contributed by atoms with E-state index in [2.05, 4.69) is 68.8 Å². The number of imidazole rings is 2. The molecule has 2 saturated heterocycles. The minimum atomic E-state index is -5.60. The van der Waals surface area contributed by atoms with Crippen LogP contribution in [0.15, 0.2) is 25.3 Å². The van der Waals surface area contributed by atoms with Gasteiger partial charge in [-0.2, -0.15) is 8.62 Å². The number of aliphatic hydroxyl groups excluding tert-OH is 4. The number of ether oxygens (including phenoxy) is 2. The van der Waals surface area contributed by atoms with Gasteiger partial charge in [0.15, 0.2) is 45.6 Å². The number of nitrogens with one attached hydrogen (secondary N) is 4. The topological polar surface area (TPSA) is 785 Å². The van der Waals surface area contributed by atoms with E-state index in [9.17, 15) is 126 Å². The van der Waals surface area contributed by atoms with E-state index in [1.807, 2.05) is 0 Å². The summed E-state index contributed by atoms with van der Waals surface area (Å²) in [4.78, 5) is 184. The minimum Gasteiger partial charge on any atom is -0.481 e. The minimum absolute atomic E-state index is 0.0147. The number of aliphatic hydroxyl groups is 5. The summed E-state index contributed by atoms with van der Waals surface area (Å²) in [6.45, 7) is 3.19. The van der Waals surface area contributed by atoms with Gasteiger partial charge in [0, 0.05) is 74.7 Å². The highest BCUT2D eigenvalue weighted by Crippen LogP contribution is 2.63. The summed E-state index contributed by atoms with van der Waals surface area (Å²) >= 11 is 1.80. The largest absolute Gasteiger partial charge is 0.481 e. The molecule has 616 valence electrons. The number of amides is 4. The summed E-state index contributed by atoms with van der Waals surface area (Å²) in [7, 11) is -32.8. The van der Waals surface area contributed by atoms with Gasteiger partial charge in [-0.15, -0.1) is 0 Å². The number of aliphatic carboxylic acids is 1. The molecule has 4 amide bonds. The van der Waals surface area contributed by atoms with E-state index >= 15 is 0 Å². The van der Waals surface area contributed by atoms with Crippen molar-refractivity contribution < 1.29 is 176 Å². The van der Waals surface area contributed by atoms with Gasteiger partial charge in [0.05, 0.1) is 51.1 Å². The molecule has 4 unspecified atom stereocenters. The van der Waals surface area contributed by atoms with Crippen molar-refractivity contribution >= 4 is 144 Å². The van der Waals surface area contributed by atoms with Crippen molar-refractivity contribution in [2.45, 2.75) is 134 Å². The molecule has 0 radical (unpaired) electrons. The van der Waals surface area contributed by atoms with E-state index < -0.39 is 199 Å². The monoisotopic (exact) mass is 1720 g/mol. The Morgan fingerprint density at radius 2 is 0.927 bits per heavy atom. The quantitative estimate of drug-likeness (QED) is 0.0155. The number of carboxylic acids is 1. The molecule has 15 atom stereocenters. The van der Waals surface area contributed by atoms with Crippen LogP contribution in [0.2, 0.25) is 0 Å². The number of carboxylic acid groups (broad SMARTS) is 1. The van der Waals surface area contributed by atoms with Crippen LogP contribution < -0.4 is 32.7 Å². The molecule has 2 fully saturated rings. The number of thioether (sulfide) groups is 2. The van der Waals surface area contributed by atoms with Crippen LogP contribution >= 0.6 is 70.5 Å². The third-order valence-corrected chi connectivity index (χ3v) is 22.5. The number of nitrogen functional groups attached to an aromatic ring is 2. The molecule has 0 spiro atoms. The number of nitrogens with zero attached hydrogens (tertiary/aromatic N) is 8. The normalized spacial score (nSPS) is 22.5. The highest BCUT2D eigenvalue weighted by atomic mass is 32.2. The molecule has 2 aliphatic heterocycles. The standard InChI is InChI=1S/C27H44N7O20P3S.C23H38N7O17P3S/c1-26(2,21(40)24(41)30-5-4-15(35)29-6-7-58-17(38)9-27(3,42)8-16(36)37)11-51-57(48,49)54-56(46,47)50-10-14-20(53-55(43,44)45)19(39)25(52-14)34-13-33-18-22(28)31-12-32-23(18)34;1-12(31)51-7-6-25-14(32)4-5-26-21(35)18(34)23(2,3)9-44-50(41,42)47-49(39,40)43-8-13-17(46-48(36,37)38)16(33)22(45-13)30-11-29-15-19(24)27-10-28-20(15)30/h12-14,19-21,25,39-40,42H,4-11H2,1-3H3,(H,29,35)(H,30,41)(H,36,37)(H,46,47)(H,48,49)(H2,28,31,32)(H2,43,44,45);10-11,13,16-18,22,33-34H,4-9H2,1-3H3,(H,25,32)(H,26,35)(H,39,40)(H,41,42)(H2,24,27,28)(H2,36,37,38)/t14-,19-,20-,21+,25-,27+;13-,16-,17-,18+,22-/m11/s1. The Morgan fingerprint density at radius 1 is 0.560 bits per heavy atom. The predicted octanol–water partition coefficient (Wildman–Crippen LogP) is -3.03. The molecule has 22 N–H and O–H groups in total. The molecule has 4 aromatic rings. The molecule has 109 heavy (non-hydrogen) atoms. The Hall–Kier alpha value is -5.45. The van der Waals surface area contributed by atoms with Gasteiger partial charge in [-0.25, -0.2) is 57.3 Å². The van der Waals surface area contributed by atoms with E-state index in [1.165, 1.54) is 41.5 Å². The van der Waals surface area contributed by atoms with Crippen LogP contribution in [-0.2, 0) is 106 Å². The molecule has 0 aromatic carbocycles. The zero-order valence-electron chi connectivity index (χ0n) is 57.9. The summed E-state index contributed by atoms with van der Waals surface area (Å²) in [5, 5.41) is 70.5. The van der Waals surface area contributed by atoms with Gasteiger partial charge < -0.3 is 112 Å². The van der Waals surface area contributed by atoms with Crippen LogP contribution in [0.1, 0.15) is 79.7 Å². The molecule has 0 saturated carbocycles. The number of fused-ring (bicyclic) bond motifs is 2. The molecule has 59 heteroatoms. The fourth-order valence-electron chi connectivity index (χ4n) is 9.37. The zero-order chi connectivity index (χ0) is 82.2. The molecule has 0 bridgehead atoms. The van der Waals surface area contributed by atoms with Crippen LogP contribution in [0.3, 0.4) is 0 Å². The van der Waals surface area contributed by atoms with E-state index in [0.717, 1.165) is 58.0 Å². The van der Waals surface area contributed by atoms with Gasteiger partial charge >= 0.3 is 52.9 Å². The van der Waals surface area contributed by atoms with Crippen LogP contribution in [0, 0.1) is 10.8 Å². The van der Waals surface area contributed by atoms with E-state index in [1.54, 1.807) is 0 Å². The number of hydrogen-bond acceptors (Lipinski definition) is 38. The second kappa shape index (κ2) is 39.5. The SMILES string of the molecule is CC(=O)SCCNC(=O)CCNC(=O)[C@H](O)C(C)(C)COP(=O)(O)OP(=O)(O)OC[C@H]1O[C@@H](n2cnc3c(N)ncnc32)[C@H](O)[C@@H]1OP(=O)(O)O.CC(C)(COP(=O)(O)OP(=O)(O)OC[C@H]1O[C@@H](n2cnc3c(N)ncnc32)[C@H](O)[C@@H]1OP(=O)(O)O)[C@@H](O)C(=O)NCCC(=O)NCCSC(=O)C[C@@](C)(O)CC(=O)O. The van der Waals surface area contributed by atoms with Gasteiger partial charge in [0.2, 0.25) is 23.6 Å². The molecule has 6 heterocycles. The number of hydrogen-bond donors (Lipinski definition) is 20.